The fourth-order valence-electron chi connectivity index (χ4n) is 3.43. The molecule has 2 N–H and O–H groups in total. The van der Waals surface area contributed by atoms with Crippen molar-refractivity contribution < 1.29 is 9.90 Å². The maximum atomic E-state index is 12.8. The number of nitrogens with one attached hydrogen (secondary N) is 1. The second kappa shape index (κ2) is 6.44. The van der Waals surface area contributed by atoms with E-state index in [0.717, 1.165) is 42.1 Å². The zero-order chi connectivity index (χ0) is 18.4. The van der Waals surface area contributed by atoms with Gasteiger partial charge in [-0.15, -0.1) is 0 Å². The number of anilines is 1. The van der Waals surface area contributed by atoms with Gasteiger partial charge in [-0.1, -0.05) is 22.9 Å². The number of piperidine rings is 1. The van der Waals surface area contributed by atoms with Crippen LogP contribution in [-0.2, 0) is 0 Å². The topological polar surface area (TPSA) is 91.2 Å². The van der Waals surface area contributed by atoms with Crippen LogP contribution in [0.3, 0.4) is 0 Å². The summed E-state index contributed by atoms with van der Waals surface area (Å²) in [6.07, 6.45) is 4.79. The number of nitrogens with zero attached hydrogens (tertiary/aromatic N) is 3. The van der Waals surface area contributed by atoms with Gasteiger partial charge >= 0.3 is 5.97 Å². The minimum Gasteiger partial charge on any atom is -0.477 e. The summed E-state index contributed by atoms with van der Waals surface area (Å²) >= 11 is 7.41. The molecular weight excluding hydrogens is 376 g/mol. The van der Waals surface area contributed by atoms with Crippen molar-refractivity contribution in [2.24, 2.45) is 0 Å². The molecule has 3 aromatic rings. The van der Waals surface area contributed by atoms with Crippen LogP contribution in [-0.4, -0.2) is 38.7 Å². The van der Waals surface area contributed by atoms with E-state index >= 15 is 0 Å². The van der Waals surface area contributed by atoms with E-state index in [-0.39, 0.29) is 16.5 Å². The highest BCUT2D eigenvalue weighted by Gasteiger charge is 2.24. The van der Waals surface area contributed by atoms with E-state index in [4.69, 9.17) is 16.7 Å². The summed E-state index contributed by atoms with van der Waals surface area (Å²) in [6, 6.07) is 1.99. The van der Waals surface area contributed by atoms with Gasteiger partial charge in [-0.05, 0) is 25.8 Å². The Morgan fingerprint density at radius 1 is 1.42 bits per heavy atom. The number of carbonyl (C=O) groups is 1. The average molecular weight is 393 g/mol. The Labute approximate surface area is 157 Å². The van der Waals surface area contributed by atoms with Crippen molar-refractivity contribution in [3.63, 3.8) is 0 Å². The molecule has 0 saturated carbocycles. The molecule has 0 atom stereocenters. The molecule has 0 radical (unpaired) electrons. The smallest absolute Gasteiger partial charge is 0.347 e. The highest BCUT2D eigenvalue weighted by molar-refractivity contribution is 7.17. The summed E-state index contributed by atoms with van der Waals surface area (Å²) in [6.45, 7) is 3.31. The number of aryl methyl sites for hydroxylation is 1. The second-order valence-electron chi connectivity index (χ2n) is 6.41. The number of H-pyrrole nitrogens is 1. The van der Waals surface area contributed by atoms with Crippen LogP contribution >= 0.6 is 22.9 Å². The van der Waals surface area contributed by atoms with Gasteiger partial charge in [0.15, 0.2) is 5.13 Å². The summed E-state index contributed by atoms with van der Waals surface area (Å²) in [7, 11) is 0. The number of fused-ring (bicyclic) bond motifs is 1. The van der Waals surface area contributed by atoms with Gasteiger partial charge in [0, 0.05) is 36.4 Å². The molecule has 1 aliphatic rings. The van der Waals surface area contributed by atoms with E-state index in [1.807, 2.05) is 19.2 Å². The van der Waals surface area contributed by atoms with Crippen molar-refractivity contribution in [3.8, 4) is 0 Å². The number of aromatic nitrogens is 3. The molecule has 9 heteroatoms. The van der Waals surface area contributed by atoms with Gasteiger partial charge in [-0.2, -0.15) is 0 Å². The monoisotopic (exact) mass is 392 g/mol. The first-order valence-electron chi connectivity index (χ1n) is 8.28. The summed E-state index contributed by atoms with van der Waals surface area (Å²) in [4.78, 5) is 33.4. The van der Waals surface area contributed by atoms with Crippen LogP contribution in [0, 0.1) is 6.92 Å². The molecule has 1 saturated heterocycles. The summed E-state index contributed by atoms with van der Waals surface area (Å²) < 4.78 is 1.77. The third kappa shape index (κ3) is 2.79. The highest BCUT2D eigenvalue weighted by atomic mass is 35.5. The van der Waals surface area contributed by atoms with Crippen molar-refractivity contribution >= 4 is 44.9 Å². The normalized spacial score (nSPS) is 15.7. The molecule has 3 aromatic heterocycles. The van der Waals surface area contributed by atoms with Crippen LogP contribution in [0.4, 0.5) is 5.13 Å². The van der Waals surface area contributed by atoms with E-state index < -0.39 is 5.97 Å². The van der Waals surface area contributed by atoms with Gasteiger partial charge < -0.3 is 19.6 Å². The lowest BCUT2D eigenvalue weighted by atomic mass is 10.0. The van der Waals surface area contributed by atoms with E-state index in [2.05, 4.69) is 14.9 Å². The van der Waals surface area contributed by atoms with E-state index in [9.17, 15) is 9.59 Å². The number of rotatable bonds is 3. The first-order valence-corrected chi connectivity index (χ1v) is 9.48. The van der Waals surface area contributed by atoms with Crippen LogP contribution < -0.4 is 10.5 Å². The van der Waals surface area contributed by atoms with Gasteiger partial charge in [-0.25, -0.2) is 9.78 Å². The molecular formula is C17H17ClN4O3S. The number of halogens is 1. The number of carboxylic acid groups (broad SMARTS) is 1. The van der Waals surface area contributed by atoms with E-state index in [0.29, 0.717) is 10.5 Å². The summed E-state index contributed by atoms with van der Waals surface area (Å²) in [5, 5.41) is 11.1. The fourth-order valence-corrected chi connectivity index (χ4v) is 4.44. The van der Waals surface area contributed by atoms with Gasteiger partial charge in [-0.3, -0.25) is 4.79 Å². The summed E-state index contributed by atoms with van der Waals surface area (Å²) in [5.74, 6) is -0.955. The molecule has 0 aliphatic carbocycles. The maximum Gasteiger partial charge on any atom is 0.347 e. The number of aromatic carboxylic acids is 1. The van der Waals surface area contributed by atoms with Crippen molar-refractivity contribution in [1.82, 2.24) is 14.5 Å². The largest absolute Gasteiger partial charge is 0.477 e. The number of hydrogen-bond donors (Lipinski definition) is 2. The van der Waals surface area contributed by atoms with Gasteiger partial charge in [0.25, 0.3) is 5.56 Å². The third-order valence-corrected chi connectivity index (χ3v) is 6.36. The Morgan fingerprint density at radius 2 is 2.15 bits per heavy atom. The highest BCUT2D eigenvalue weighted by Crippen LogP contribution is 2.30. The molecule has 0 unspecified atom stereocenters. The minimum absolute atomic E-state index is 0.0571. The molecule has 0 bridgehead atoms. The second-order valence-corrected chi connectivity index (χ2v) is 7.80. The van der Waals surface area contributed by atoms with Crippen LogP contribution in [0.25, 0.3) is 10.9 Å². The number of hydrogen-bond acceptors (Lipinski definition) is 5. The molecule has 4 rings (SSSR count). The average Bonchev–Trinajstić information content (AvgIpc) is 3.23. The number of aromatic amines is 1. The third-order valence-electron chi connectivity index (χ3n) is 4.83. The van der Waals surface area contributed by atoms with Crippen LogP contribution in [0.5, 0.6) is 0 Å². The molecule has 1 fully saturated rings. The van der Waals surface area contributed by atoms with Crippen LogP contribution in [0.2, 0.25) is 5.02 Å². The quantitative estimate of drug-likeness (QED) is 0.713. The van der Waals surface area contributed by atoms with Crippen molar-refractivity contribution in [2.75, 3.05) is 18.0 Å². The van der Waals surface area contributed by atoms with Crippen molar-refractivity contribution in [1.29, 1.82) is 0 Å². The zero-order valence-corrected chi connectivity index (χ0v) is 15.6. The first kappa shape index (κ1) is 17.1. The predicted molar refractivity (Wildman–Crippen MR) is 102 cm³/mol. The number of thiazole rings is 1. The molecule has 0 spiro atoms. The molecule has 26 heavy (non-hydrogen) atoms. The number of carboxylic acids is 1. The molecule has 4 heterocycles. The Bertz CT molecular complexity index is 1050. The number of pyridine rings is 1. The molecule has 0 aromatic carbocycles. The Hall–Kier alpha value is -2.32. The van der Waals surface area contributed by atoms with Gasteiger partial charge in [0.05, 0.1) is 11.2 Å². The lowest BCUT2D eigenvalue weighted by Gasteiger charge is -2.32. The van der Waals surface area contributed by atoms with Crippen molar-refractivity contribution in [2.45, 2.75) is 25.8 Å². The van der Waals surface area contributed by atoms with Crippen molar-refractivity contribution in [3.05, 3.63) is 44.4 Å². The van der Waals surface area contributed by atoms with Crippen LogP contribution in [0.1, 0.15) is 34.2 Å². The molecule has 7 nitrogen and oxygen atoms in total. The Kier molecular flexibility index (Phi) is 4.24. The lowest BCUT2D eigenvalue weighted by Crippen LogP contribution is -2.37. The van der Waals surface area contributed by atoms with Gasteiger partial charge in [0.1, 0.15) is 10.4 Å². The molecule has 136 valence electrons. The summed E-state index contributed by atoms with van der Waals surface area (Å²) in [5.41, 5.74) is 1.28. The Balaban J connectivity index is 1.54. The van der Waals surface area contributed by atoms with E-state index in [1.165, 1.54) is 17.5 Å². The minimum atomic E-state index is -0.955. The first-order chi connectivity index (χ1) is 12.5. The lowest BCUT2D eigenvalue weighted by molar-refractivity contribution is 0.0702. The fraction of sp³-hybridized carbons (Fsp3) is 0.353. The standard InChI is InChI=1S/C17H17ClN4O3S/c1-9-13(18)11-4-7-22(15(23)14(11)20-9)10-2-5-21(6-3-10)17-19-8-12(26-17)16(24)25/h4,7-8,10,20H,2-3,5-6H2,1H3,(H,24,25). The zero-order valence-electron chi connectivity index (χ0n) is 14.0. The van der Waals surface area contributed by atoms with E-state index in [1.54, 1.807) is 4.57 Å². The van der Waals surface area contributed by atoms with Gasteiger partial charge in [0.2, 0.25) is 0 Å². The maximum absolute atomic E-state index is 12.8. The predicted octanol–water partition coefficient (Wildman–Crippen LogP) is 3.29. The van der Waals surface area contributed by atoms with Crippen LogP contribution in [0.15, 0.2) is 23.3 Å². The SMILES string of the molecule is Cc1[nH]c2c(=O)n(C3CCN(c4ncc(C(=O)O)s4)CC3)ccc2c1Cl. The molecule has 1 aliphatic heterocycles. The Morgan fingerprint density at radius 3 is 2.81 bits per heavy atom. The molecule has 0 amide bonds.